The minimum absolute atomic E-state index is 0.770. The zero-order valence-electron chi connectivity index (χ0n) is 11.1. The van der Waals surface area contributed by atoms with Gasteiger partial charge in [-0.05, 0) is 55.8 Å². The molecule has 3 heteroatoms. The van der Waals surface area contributed by atoms with E-state index in [0.717, 1.165) is 34.1 Å². The summed E-state index contributed by atoms with van der Waals surface area (Å²) >= 11 is 0. The van der Waals surface area contributed by atoms with Crippen LogP contribution in [0.25, 0.3) is 17.1 Å². The number of nitrogen functional groups attached to an aromatic ring is 1. The van der Waals surface area contributed by atoms with Gasteiger partial charge in [-0.3, -0.25) is 0 Å². The first-order chi connectivity index (χ1) is 9.16. The maximum absolute atomic E-state index is 6.15. The smallest absolute Gasteiger partial charge is 0.150 e. The van der Waals surface area contributed by atoms with E-state index in [1.165, 1.54) is 0 Å². The standard InChI is InChI=1S/C16H16N2O/c1-11-5-7-14(13(17)10-11)18-12(2)6-8-15(18)16-4-3-9-19-16/h3-10H,17H2,1-2H3. The maximum Gasteiger partial charge on any atom is 0.150 e. The van der Waals surface area contributed by atoms with Crippen molar-refractivity contribution in [2.24, 2.45) is 0 Å². The number of hydrogen-bond acceptors (Lipinski definition) is 2. The minimum atomic E-state index is 0.770. The number of furan rings is 1. The highest BCUT2D eigenvalue weighted by Crippen LogP contribution is 2.29. The van der Waals surface area contributed by atoms with Crippen molar-refractivity contribution in [2.45, 2.75) is 13.8 Å². The van der Waals surface area contributed by atoms with Gasteiger partial charge in [0.15, 0.2) is 5.76 Å². The lowest BCUT2D eigenvalue weighted by molar-refractivity contribution is 0.578. The molecule has 0 saturated carbocycles. The van der Waals surface area contributed by atoms with Crippen LogP contribution in [0.1, 0.15) is 11.3 Å². The molecule has 0 spiro atoms. The third-order valence-corrected chi connectivity index (χ3v) is 3.27. The van der Waals surface area contributed by atoms with Crippen molar-refractivity contribution < 1.29 is 4.42 Å². The van der Waals surface area contributed by atoms with E-state index in [9.17, 15) is 0 Å². The predicted molar refractivity (Wildman–Crippen MR) is 77.4 cm³/mol. The number of nitrogens with two attached hydrogens (primary N) is 1. The van der Waals surface area contributed by atoms with E-state index in [1.54, 1.807) is 6.26 Å². The molecular weight excluding hydrogens is 236 g/mol. The summed E-state index contributed by atoms with van der Waals surface area (Å²) in [5, 5.41) is 0. The number of benzene rings is 1. The fourth-order valence-corrected chi connectivity index (χ4v) is 2.35. The fraction of sp³-hybridized carbons (Fsp3) is 0.125. The Hall–Kier alpha value is -2.42. The highest BCUT2D eigenvalue weighted by atomic mass is 16.3. The van der Waals surface area contributed by atoms with Crippen LogP contribution in [0.4, 0.5) is 5.69 Å². The molecule has 0 bridgehead atoms. The highest BCUT2D eigenvalue weighted by Gasteiger charge is 2.13. The molecule has 0 atom stereocenters. The van der Waals surface area contributed by atoms with Gasteiger partial charge in [-0.2, -0.15) is 0 Å². The second-order valence-electron chi connectivity index (χ2n) is 4.73. The Morgan fingerprint density at radius 2 is 1.89 bits per heavy atom. The van der Waals surface area contributed by atoms with Gasteiger partial charge >= 0.3 is 0 Å². The molecule has 1 aromatic carbocycles. The van der Waals surface area contributed by atoms with Crippen LogP contribution in [-0.2, 0) is 0 Å². The second-order valence-corrected chi connectivity index (χ2v) is 4.73. The van der Waals surface area contributed by atoms with E-state index in [2.05, 4.69) is 23.6 Å². The topological polar surface area (TPSA) is 44.1 Å². The number of aryl methyl sites for hydroxylation is 2. The fourth-order valence-electron chi connectivity index (χ4n) is 2.35. The SMILES string of the molecule is Cc1ccc(-n2c(C)ccc2-c2ccco2)c(N)c1. The van der Waals surface area contributed by atoms with Gasteiger partial charge in [-0.1, -0.05) is 6.07 Å². The van der Waals surface area contributed by atoms with E-state index in [0.29, 0.717) is 0 Å². The van der Waals surface area contributed by atoms with Crippen molar-refractivity contribution in [3.05, 3.63) is 60.0 Å². The van der Waals surface area contributed by atoms with Gasteiger partial charge in [0, 0.05) is 5.69 Å². The Labute approximate surface area is 112 Å². The van der Waals surface area contributed by atoms with Crippen molar-refractivity contribution in [1.29, 1.82) is 0 Å². The van der Waals surface area contributed by atoms with E-state index < -0.39 is 0 Å². The van der Waals surface area contributed by atoms with Crippen molar-refractivity contribution in [3.8, 4) is 17.1 Å². The van der Waals surface area contributed by atoms with Gasteiger partial charge in [0.2, 0.25) is 0 Å². The lowest BCUT2D eigenvalue weighted by Gasteiger charge is -2.13. The molecule has 0 amide bonds. The van der Waals surface area contributed by atoms with Gasteiger partial charge in [-0.15, -0.1) is 0 Å². The zero-order chi connectivity index (χ0) is 13.4. The van der Waals surface area contributed by atoms with Crippen LogP contribution in [0.2, 0.25) is 0 Å². The van der Waals surface area contributed by atoms with Crippen LogP contribution < -0.4 is 5.73 Å². The summed E-state index contributed by atoms with van der Waals surface area (Å²) in [6.07, 6.45) is 1.68. The summed E-state index contributed by atoms with van der Waals surface area (Å²) in [7, 11) is 0. The van der Waals surface area contributed by atoms with E-state index in [1.807, 2.05) is 37.3 Å². The summed E-state index contributed by atoms with van der Waals surface area (Å²) in [5.41, 5.74) is 11.2. The molecule has 19 heavy (non-hydrogen) atoms. The van der Waals surface area contributed by atoms with Crippen LogP contribution in [0.15, 0.2) is 53.1 Å². The maximum atomic E-state index is 6.15. The molecule has 0 fully saturated rings. The number of rotatable bonds is 2. The molecule has 0 aliphatic heterocycles. The summed E-state index contributed by atoms with van der Waals surface area (Å²) in [6, 6.07) is 14.1. The molecule has 0 aliphatic rings. The molecular formula is C16H16N2O. The number of aromatic nitrogens is 1. The first kappa shape index (κ1) is 11.7. The Balaban J connectivity index is 2.22. The van der Waals surface area contributed by atoms with E-state index >= 15 is 0 Å². The van der Waals surface area contributed by atoms with Crippen molar-refractivity contribution in [2.75, 3.05) is 5.73 Å². The predicted octanol–water partition coefficient (Wildman–Crippen LogP) is 3.94. The third kappa shape index (κ3) is 1.93. The highest BCUT2D eigenvalue weighted by molar-refractivity contribution is 5.66. The summed E-state index contributed by atoms with van der Waals surface area (Å²) < 4.78 is 7.62. The van der Waals surface area contributed by atoms with Crippen molar-refractivity contribution >= 4 is 5.69 Å². The quantitative estimate of drug-likeness (QED) is 0.702. The summed E-state index contributed by atoms with van der Waals surface area (Å²) in [5.74, 6) is 0.841. The largest absolute Gasteiger partial charge is 0.463 e. The Morgan fingerprint density at radius 3 is 2.58 bits per heavy atom. The van der Waals surface area contributed by atoms with Crippen LogP contribution in [-0.4, -0.2) is 4.57 Å². The van der Waals surface area contributed by atoms with Gasteiger partial charge in [0.05, 0.1) is 23.3 Å². The number of hydrogen-bond donors (Lipinski definition) is 1. The summed E-state index contributed by atoms with van der Waals surface area (Å²) in [4.78, 5) is 0. The van der Waals surface area contributed by atoms with Gasteiger partial charge in [0.1, 0.15) is 0 Å². The Morgan fingerprint density at radius 1 is 1.05 bits per heavy atom. The molecule has 0 aliphatic carbocycles. The molecule has 0 unspecified atom stereocenters. The summed E-state index contributed by atoms with van der Waals surface area (Å²) in [6.45, 7) is 4.10. The lowest BCUT2D eigenvalue weighted by atomic mass is 10.2. The molecule has 3 rings (SSSR count). The van der Waals surface area contributed by atoms with Gasteiger partial charge in [0.25, 0.3) is 0 Å². The first-order valence-electron chi connectivity index (χ1n) is 6.25. The monoisotopic (exact) mass is 252 g/mol. The Bertz CT molecular complexity index is 708. The van der Waals surface area contributed by atoms with Crippen molar-refractivity contribution in [3.63, 3.8) is 0 Å². The van der Waals surface area contributed by atoms with Crippen LogP contribution in [0.3, 0.4) is 0 Å². The third-order valence-electron chi connectivity index (χ3n) is 3.27. The number of anilines is 1. The molecule has 2 N–H and O–H groups in total. The molecule has 2 heterocycles. The molecule has 0 radical (unpaired) electrons. The molecule has 96 valence electrons. The second kappa shape index (κ2) is 4.35. The zero-order valence-corrected chi connectivity index (χ0v) is 11.1. The van der Waals surface area contributed by atoms with Gasteiger partial charge in [-0.25, -0.2) is 0 Å². The molecule has 2 aromatic heterocycles. The molecule has 3 nitrogen and oxygen atoms in total. The number of nitrogens with zero attached hydrogens (tertiary/aromatic N) is 1. The van der Waals surface area contributed by atoms with Crippen LogP contribution >= 0.6 is 0 Å². The minimum Gasteiger partial charge on any atom is -0.463 e. The average molecular weight is 252 g/mol. The van der Waals surface area contributed by atoms with Crippen LogP contribution in [0.5, 0.6) is 0 Å². The Kier molecular flexibility index (Phi) is 2.67. The molecule has 0 saturated heterocycles. The van der Waals surface area contributed by atoms with E-state index in [4.69, 9.17) is 10.2 Å². The normalized spacial score (nSPS) is 10.8. The first-order valence-corrected chi connectivity index (χ1v) is 6.25. The van der Waals surface area contributed by atoms with E-state index in [-0.39, 0.29) is 0 Å². The van der Waals surface area contributed by atoms with Crippen LogP contribution in [0, 0.1) is 13.8 Å². The molecule has 3 aromatic rings. The average Bonchev–Trinajstić information content (AvgIpc) is 2.99. The van der Waals surface area contributed by atoms with Crippen molar-refractivity contribution in [1.82, 2.24) is 4.57 Å². The van der Waals surface area contributed by atoms with Gasteiger partial charge < -0.3 is 14.7 Å². The lowest BCUT2D eigenvalue weighted by Crippen LogP contribution is -2.03.